The van der Waals surface area contributed by atoms with Gasteiger partial charge >= 0.3 is 5.97 Å². The Hall–Kier alpha value is -1.55. The molecule has 0 aliphatic carbocycles. The number of carbonyl (C=O) groups is 2. The fraction of sp³-hybridized carbons (Fsp3) is 0.467. The van der Waals surface area contributed by atoms with Crippen LogP contribution >= 0.6 is 11.6 Å². The lowest BCUT2D eigenvalue weighted by Crippen LogP contribution is -2.58. The Morgan fingerprint density at radius 3 is 2.15 bits per heavy atom. The summed E-state index contributed by atoms with van der Waals surface area (Å²) in [5, 5.41) is 10.2. The molecule has 0 radical (unpaired) electrons. The highest BCUT2D eigenvalue weighted by Gasteiger charge is 2.42. The summed E-state index contributed by atoms with van der Waals surface area (Å²) in [6.45, 7) is 6.59. The Morgan fingerprint density at radius 2 is 1.80 bits per heavy atom. The molecule has 5 heteroatoms. The summed E-state index contributed by atoms with van der Waals surface area (Å²) in [5.41, 5.74) is -0.459. The zero-order chi connectivity index (χ0) is 15.5. The van der Waals surface area contributed by atoms with Crippen LogP contribution < -0.4 is 0 Å². The number of halogens is 1. The van der Waals surface area contributed by atoms with E-state index in [1.165, 1.54) is 11.8 Å². The molecule has 0 bridgehead atoms. The number of amides is 1. The second-order valence-electron chi connectivity index (χ2n) is 5.37. The average Bonchev–Trinajstić information content (AvgIpc) is 2.30. The summed E-state index contributed by atoms with van der Waals surface area (Å²) in [6, 6.07) is 6.80. The average molecular weight is 298 g/mol. The van der Waals surface area contributed by atoms with E-state index in [1.54, 1.807) is 31.2 Å². The van der Waals surface area contributed by atoms with Crippen LogP contribution in [0, 0.1) is 0 Å². The summed E-state index contributed by atoms with van der Waals surface area (Å²) < 4.78 is 0. The van der Waals surface area contributed by atoms with Gasteiger partial charge in [-0.25, -0.2) is 4.79 Å². The number of carboxylic acid groups (broad SMARTS) is 1. The van der Waals surface area contributed by atoms with Crippen molar-refractivity contribution in [2.24, 2.45) is 0 Å². The summed E-state index contributed by atoms with van der Waals surface area (Å²) in [6.07, 6.45) is 0.233. The minimum atomic E-state index is -1.28. The highest BCUT2D eigenvalue weighted by Crippen LogP contribution is 2.25. The van der Waals surface area contributed by atoms with Crippen LogP contribution in [0.15, 0.2) is 24.3 Å². The van der Waals surface area contributed by atoms with Crippen LogP contribution in [-0.4, -0.2) is 33.5 Å². The molecule has 4 nitrogen and oxygen atoms in total. The van der Waals surface area contributed by atoms with Crippen molar-refractivity contribution in [3.05, 3.63) is 34.9 Å². The minimum absolute atomic E-state index is 0.194. The van der Waals surface area contributed by atoms with E-state index in [0.717, 1.165) is 5.56 Å². The number of nitrogens with zero attached hydrogens (tertiary/aromatic N) is 1. The number of rotatable bonds is 5. The van der Waals surface area contributed by atoms with Gasteiger partial charge in [0.25, 0.3) is 0 Å². The van der Waals surface area contributed by atoms with Crippen molar-refractivity contribution in [1.29, 1.82) is 0 Å². The third-order valence-electron chi connectivity index (χ3n) is 3.31. The number of aliphatic carboxylic acids is 1. The van der Waals surface area contributed by atoms with Crippen molar-refractivity contribution < 1.29 is 14.7 Å². The van der Waals surface area contributed by atoms with Gasteiger partial charge in [-0.15, -0.1) is 0 Å². The van der Waals surface area contributed by atoms with Gasteiger partial charge in [0.05, 0.1) is 0 Å². The molecular formula is C15H20ClNO3. The maximum Gasteiger partial charge on any atom is 0.329 e. The molecular weight excluding hydrogens is 278 g/mol. The van der Waals surface area contributed by atoms with E-state index in [-0.39, 0.29) is 18.4 Å². The number of carbonyl (C=O) groups excluding carboxylic acids is 1. The van der Waals surface area contributed by atoms with Crippen LogP contribution in [-0.2, 0) is 16.0 Å². The molecule has 0 saturated carbocycles. The molecule has 1 amide bonds. The molecule has 1 aromatic carbocycles. The fourth-order valence-corrected chi connectivity index (χ4v) is 2.67. The lowest BCUT2D eigenvalue weighted by molar-refractivity contribution is -0.159. The Kier molecular flexibility index (Phi) is 5.17. The number of carboxylic acids is 1. The Morgan fingerprint density at radius 1 is 1.30 bits per heavy atom. The van der Waals surface area contributed by atoms with E-state index in [0.29, 0.717) is 5.02 Å². The monoisotopic (exact) mass is 297 g/mol. The van der Waals surface area contributed by atoms with Crippen LogP contribution in [0.25, 0.3) is 0 Å². The standard InChI is InChI=1S/C15H20ClNO3/c1-10(2)17(11(3)18)15(4,14(19)20)9-12-5-7-13(16)8-6-12/h5-8,10H,9H2,1-4H3,(H,19,20). The van der Waals surface area contributed by atoms with Gasteiger partial charge < -0.3 is 10.0 Å². The van der Waals surface area contributed by atoms with Gasteiger partial charge in [0.1, 0.15) is 5.54 Å². The molecule has 0 heterocycles. The molecule has 0 aliphatic rings. The molecule has 0 aliphatic heterocycles. The molecule has 0 fully saturated rings. The van der Waals surface area contributed by atoms with Crippen molar-refractivity contribution in [2.45, 2.75) is 45.7 Å². The minimum Gasteiger partial charge on any atom is -0.479 e. The van der Waals surface area contributed by atoms with Gasteiger partial charge in [-0.1, -0.05) is 23.7 Å². The third-order valence-corrected chi connectivity index (χ3v) is 3.56. The molecule has 1 N–H and O–H groups in total. The lowest BCUT2D eigenvalue weighted by Gasteiger charge is -2.40. The van der Waals surface area contributed by atoms with Gasteiger partial charge in [0.2, 0.25) is 5.91 Å². The van der Waals surface area contributed by atoms with E-state index < -0.39 is 11.5 Å². The van der Waals surface area contributed by atoms with E-state index in [2.05, 4.69) is 0 Å². The molecule has 0 spiro atoms. The smallest absolute Gasteiger partial charge is 0.329 e. The van der Waals surface area contributed by atoms with Crippen molar-refractivity contribution >= 4 is 23.5 Å². The molecule has 110 valence electrons. The molecule has 20 heavy (non-hydrogen) atoms. The third kappa shape index (κ3) is 3.51. The second kappa shape index (κ2) is 6.27. The van der Waals surface area contributed by atoms with E-state index in [9.17, 15) is 14.7 Å². The Bertz CT molecular complexity index is 498. The largest absolute Gasteiger partial charge is 0.479 e. The summed E-state index contributed by atoms with van der Waals surface area (Å²) in [7, 11) is 0. The first kappa shape index (κ1) is 16.5. The van der Waals surface area contributed by atoms with Crippen LogP contribution in [0.4, 0.5) is 0 Å². The van der Waals surface area contributed by atoms with Gasteiger partial charge in [0, 0.05) is 24.4 Å². The number of hydrogen-bond donors (Lipinski definition) is 1. The molecule has 1 rings (SSSR count). The topological polar surface area (TPSA) is 57.6 Å². The fourth-order valence-electron chi connectivity index (χ4n) is 2.54. The van der Waals surface area contributed by atoms with Crippen LogP contribution in [0.3, 0.4) is 0 Å². The van der Waals surface area contributed by atoms with Crippen molar-refractivity contribution in [3.8, 4) is 0 Å². The lowest BCUT2D eigenvalue weighted by atomic mass is 9.89. The second-order valence-corrected chi connectivity index (χ2v) is 5.80. The Labute approximate surface area is 124 Å². The summed E-state index contributed by atoms with van der Waals surface area (Å²) >= 11 is 5.83. The van der Waals surface area contributed by atoms with Gasteiger partial charge in [-0.2, -0.15) is 0 Å². The van der Waals surface area contributed by atoms with E-state index >= 15 is 0 Å². The van der Waals surface area contributed by atoms with Crippen molar-refractivity contribution in [3.63, 3.8) is 0 Å². The quantitative estimate of drug-likeness (QED) is 0.909. The zero-order valence-corrected chi connectivity index (χ0v) is 12.9. The highest BCUT2D eigenvalue weighted by molar-refractivity contribution is 6.30. The van der Waals surface area contributed by atoms with E-state index in [1.807, 2.05) is 13.8 Å². The first-order chi connectivity index (χ1) is 9.18. The number of benzene rings is 1. The normalized spacial score (nSPS) is 13.9. The summed E-state index contributed by atoms with van der Waals surface area (Å²) in [4.78, 5) is 25.0. The SMILES string of the molecule is CC(=O)N(C(C)C)C(C)(Cc1ccc(Cl)cc1)C(=O)O. The van der Waals surface area contributed by atoms with Gasteiger partial charge in [-0.3, -0.25) is 4.79 Å². The van der Waals surface area contributed by atoms with Gasteiger partial charge in [-0.05, 0) is 38.5 Å². The molecule has 0 aromatic heterocycles. The first-order valence-electron chi connectivity index (χ1n) is 6.46. The molecule has 0 saturated heterocycles. The maximum atomic E-state index is 11.8. The number of hydrogen-bond acceptors (Lipinski definition) is 2. The maximum absolute atomic E-state index is 11.8. The predicted molar refractivity (Wildman–Crippen MR) is 78.9 cm³/mol. The molecule has 1 aromatic rings. The zero-order valence-electron chi connectivity index (χ0n) is 12.2. The van der Waals surface area contributed by atoms with E-state index in [4.69, 9.17) is 11.6 Å². The Balaban J connectivity index is 3.17. The van der Waals surface area contributed by atoms with Crippen LogP contribution in [0.1, 0.15) is 33.3 Å². The molecule has 1 atom stereocenters. The van der Waals surface area contributed by atoms with Crippen LogP contribution in [0.5, 0.6) is 0 Å². The molecule has 1 unspecified atom stereocenters. The van der Waals surface area contributed by atoms with Crippen LogP contribution in [0.2, 0.25) is 5.02 Å². The van der Waals surface area contributed by atoms with Crippen molar-refractivity contribution in [1.82, 2.24) is 4.90 Å². The highest BCUT2D eigenvalue weighted by atomic mass is 35.5. The predicted octanol–water partition coefficient (Wildman–Crippen LogP) is 2.98. The first-order valence-corrected chi connectivity index (χ1v) is 6.84. The van der Waals surface area contributed by atoms with Gasteiger partial charge in [0.15, 0.2) is 0 Å². The van der Waals surface area contributed by atoms with Crippen molar-refractivity contribution in [2.75, 3.05) is 0 Å². The summed E-state index contributed by atoms with van der Waals surface area (Å²) in [5.74, 6) is -1.27.